The molecule has 2 aromatic heterocycles. The maximum absolute atomic E-state index is 2.47. The van der Waals surface area contributed by atoms with E-state index in [1.54, 1.807) is 0 Å². The Bertz CT molecular complexity index is 3460. The molecule has 10 aromatic carbocycles. The Morgan fingerprint density at radius 1 is 0.241 bits per heavy atom. The molecule has 0 aliphatic carbocycles. The number of benzene rings is 10. The van der Waals surface area contributed by atoms with Crippen molar-refractivity contribution in [1.29, 1.82) is 0 Å². The topological polar surface area (TPSA) is 9.86 Å². The van der Waals surface area contributed by atoms with Crippen LogP contribution in [0.2, 0.25) is 0 Å². The van der Waals surface area contributed by atoms with E-state index in [0.29, 0.717) is 0 Å². The highest BCUT2D eigenvalue weighted by Gasteiger charge is 2.20. The Morgan fingerprint density at radius 2 is 0.638 bits per heavy atom. The zero-order valence-corrected chi connectivity index (χ0v) is 32.4. The lowest BCUT2D eigenvalue weighted by atomic mass is 9.84. The van der Waals surface area contributed by atoms with Gasteiger partial charge in [-0.15, -0.1) is 0 Å². The summed E-state index contributed by atoms with van der Waals surface area (Å²) in [5.74, 6) is 0. The zero-order chi connectivity index (χ0) is 38.5. The van der Waals surface area contributed by atoms with Crippen molar-refractivity contribution in [3.05, 3.63) is 194 Å². The first-order valence-corrected chi connectivity index (χ1v) is 20.1. The lowest BCUT2D eigenvalue weighted by Crippen LogP contribution is -1.93. The highest BCUT2D eigenvalue weighted by atomic mass is 14.9. The smallest absolute Gasteiger partial charge is 0.0494 e. The predicted octanol–water partition coefficient (Wildman–Crippen LogP) is 15.1. The van der Waals surface area contributed by atoms with Crippen molar-refractivity contribution in [3.8, 4) is 44.5 Å². The fourth-order valence-corrected chi connectivity index (χ4v) is 10.0. The van der Waals surface area contributed by atoms with Crippen LogP contribution in [0.3, 0.4) is 0 Å². The van der Waals surface area contributed by atoms with E-state index in [1.807, 2.05) is 0 Å². The monoisotopic (exact) mass is 738 g/mol. The van der Waals surface area contributed by atoms with E-state index in [4.69, 9.17) is 0 Å². The molecule has 0 N–H and O–H groups in total. The molecule has 2 heterocycles. The minimum absolute atomic E-state index is 1.22. The molecule has 0 spiro atoms. The fourth-order valence-electron chi connectivity index (χ4n) is 10.0. The molecule has 0 radical (unpaired) electrons. The molecule has 0 aliphatic heterocycles. The van der Waals surface area contributed by atoms with Gasteiger partial charge in [-0.2, -0.15) is 0 Å². The summed E-state index contributed by atoms with van der Waals surface area (Å²) in [4.78, 5) is 0. The molecule has 0 atom stereocenters. The van der Waals surface area contributed by atoms with Gasteiger partial charge >= 0.3 is 0 Å². The molecule has 0 fully saturated rings. The van der Waals surface area contributed by atoms with Gasteiger partial charge in [0.05, 0.1) is 0 Å². The zero-order valence-electron chi connectivity index (χ0n) is 32.4. The minimum Gasteiger partial charge on any atom is -0.344 e. The molecule has 2 heteroatoms. The summed E-state index contributed by atoms with van der Waals surface area (Å²) in [6.07, 6.45) is 0. The highest BCUT2D eigenvalue weighted by molar-refractivity contribution is 6.23. The van der Waals surface area contributed by atoms with Gasteiger partial charge in [-0.05, 0) is 107 Å². The van der Waals surface area contributed by atoms with Crippen molar-refractivity contribution < 1.29 is 0 Å². The van der Waals surface area contributed by atoms with Crippen LogP contribution in [-0.2, 0) is 14.1 Å². The summed E-state index contributed by atoms with van der Waals surface area (Å²) in [6.45, 7) is 0. The Balaban J connectivity index is 1.18. The van der Waals surface area contributed by atoms with Crippen molar-refractivity contribution in [2.24, 2.45) is 14.1 Å². The molecule has 0 saturated carbocycles. The molecular formula is C56H38N2. The van der Waals surface area contributed by atoms with Crippen molar-refractivity contribution in [3.63, 3.8) is 0 Å². The minimum atomic E-state index is 1.22. The largest absolute Gasteiger partial charge is 0.344 e. The summed E-state index contributed by atoms with van der Waals surface area (Å²) >= 11 is 0. The first-order chi connectivity index (χ1) is 28.6. The molecule has 272 valence electrons. The third-order valence-corrected chi connectivity index (χ3v) is 12.8. The van der Waals surface area contributed by atoms with Gasteiger partial charge in [-0.25, -0.2) is 0 Å². The van der Waals surface area contributed by atoms with E-state index in [9.17, 15) is 0 Å². The molecule has 0 unspecified atom stereocenters. The molecule has 0 amide bonds. The van der Waals surface area contributed by atoms with E-state index in [-0.39, 0.29) is 0 Å². The van der Waals surface area contributed by atoms with Gasteiger partial charge in [0.25, 0.3) is 0 Å². The van der Waals surface area contributed by atoms with Gasteiger partial charge in [0.2, 0.25) is 0 Å². The number of aryl methyl sites for hydroxylation is 2. The SMILES string of the molecule is Cn1c2ccccc2c2ccc(-c3cccc4c(-c5cccc6c(-c7ccccc7)cccc56)c5cccc(-c6ccc7c8ccccc8n(C)c7c6)c5cc34)cc21. The quantitative estimate of drug-likeness (QED) is 0.159. The molecule has 12 rings (SSSR count). The van der Waals surface area contributed by atoms with Crippen molar-refractivity contribution in [2.75, 3.05) is 0 Å². The summed E-state index contributed by atoms with van der Waals surface area (Å²) in [7, 11) is 4.37. The van der Waals surface area contributed by atoms with Gasteiger partial charge in [-0.1, -0.05) is 164 Å². The van der Waals surface area contributed by atoms with Crippen LogP contribution in [0.4, 0.5) is 0 Å². The van der Waals surface area contributed by atoms with Crippen LogP contribution in [0.1, 0.15) is 0 Å². The third kappa shape index (κ3) is 4.72. The van der Waals surface area contributed by atoms with Gasteiger partial charge in [0, 0.05) is 57.7 Å². The Labute approximate surface area is 336 Å². The summed E-state index contributed by atoms with van der Waals surface area (Å²) in [6, 6.07) is 72.1. The second-order valence-electron chi connectivity index (χ2n) is 15.7. The molecule has 2 nitrogen and oxygen atoms in total. The summed E-state index contributed by atoms with van der Waals surface area (Å²) in [5.41, 5.74) is 14.9. The number of fused-ring (bicyclic) bond motifs is 9. The number of aromatic nitrogens is 2. The fraction of sp³-hybridized carbons (Fsp3) is 0.0357. The highest BCUT2D eigenvalue weighted by Crippen LogP contribution is 2.46. The maximum Gasteiger partial charge on any atom is 0.0494 e. The molecule has 12 aromatic rings. The number of para-hydroxylation sites is 2. The Morgan fingerprint density at radius 3 is 1.17 bits per heavy atom. The maximum atomic E-state index is 2.47. The number of nitrogens with zero attached hydrogens (tertiary/aromatic N) is 2. The first kappa shape index (κ1) is 32.8. The molecule has 0 saturated heterocycles. The van der Waals surface area contributed by atoms with E-state index in [0.717, 1.165) is 0 Å². The van der Waals surface area contributed by atoms with Gasteiger partial charge in [0.1, 0.15) is 0 Å². The summed E-state index contributed by atoms with van der Waals surface area (Å²) < 4.78 is 4.67. The molecule has 0 bridgehead atoms. The Kier molecular flexibility index (Phi) is 7.09. The van der Waals surface area contributed by atoms with Crippen LogP contribution in [0, 0.1) is 0 Å². The average Bonchev–Trinajstić information content (AvgIpc) is 3.74. The van der Waals surface area contributed by atoms with Gasteiger partial charge < -0.3 is 9.13 Å². The van der Waals surface area contributed by atoms with E-state index >= 15 is 0 Å². The number of hydrogen-bond acceptors (Lipinski definition) is 0. The van der Waals surface area contributed by atoms with Crippen LogP contribution in [0.5, 0.6) is 0 Å². The van der Waals surface area contributed by atoms with Crippen LogP contribution in [-0.4, -0.2) is 9.13 Å². The normalized spacial score (nSPS) is 12.0. The molecule has 0 aliphatic rings. The van der Waals surface area contributed by atoms with Crippen LogP contribution >= 0.6 is 0 Å². The van der Waals surface area contributed by atoms with E-state index in [2.05, 4.69) is 217 Å². The van der Waals surface area contributed by atoms with Crippen LogP contribution in [0.15, 0.2) is 194 Å². The van der Waals surface area contributed by atoms with E-state index < -0.39 is 0 Å². The molecular weight excluding hydrogens is 701 g/mol. The van der Waals surface area contributed by atoms with Crippen molar-refractivity contribution in [1.82, 2.24) is 9.13 Å². The summed E-state index contributed by atoms with van der Waals surface area (Å²) in [5, 5.41) is 12.6. The third-order valence-electron chi connectivity index (χ3n) is 12.8. The number of hydrogen-bond donors (Lipinski definition) is 0. The van der Waals surface area contributed by atoms with E-state index in [1.165, 1.54) is 120 Å². The second-order valence-corrected chi connectivity index (χ2v) is 15.7. The lowest BCUT2D eigenvalue weighted by molar-refractivity contribution is 1.01. The number of rotatable bonds is 4. The van der Waals surface area contributed by atoms with Crippen LogP contribution in [0.25, 0.3) is 120 Å². The van der Waals surface area contributed by atoms with Gasteiger partial charge in [0.15, 0.2) is 0 Å². The lowest BCUT2D eigenvalue weighted by Gasteiger charge is -2.19. The predicted molar refractivity (Wildman–Crippen MR) is 249 cm³/mol. The van der Waals surface area contributed by atoms with Crippen molar-refractivity contribution >= 4 is 75.9 Å². The molecule has 58 heavy (non-hydrogen) atoms. The van der Waals surface area contributed by atoms with Crippen LogP contribution < -0.4 is 0 Å². The van der Waals surface area contributed by atoms with Gasteiger partial charge in [-0.3, -0.25) is 0 Å². The second kappa shape index (κ2) is 12.5. The van der Waals surface area contributed by atoms with Crippen molar-refractivity contribution in [2.45, 2.75) is 0 Å². The first-order valence-electron chi connectivity index (χ1n) is 20.1. The standard InChI is InChI=1S/C56H38N2/c1-57-52-26-8-6-16-43(52)45-30-28-36(32-54(45)57)39-19-11-24-48-50(39)34-51-40(37-29-31-46-44-17-7-9-27-53(44)58(2)55(46)33-37)20-12-25-49(51)56(48)47-23-13-21-41-38(18-10-22-42(41)47)35-14-4-3-5-15-35/h3-34H,1-2H3. The Hall–Kier alpha value is -7.42. The average molecular weight is 739 g/mol.